The van der Waals surface area contributed by atoms with Crippen molar-refractivity contribution in [3.05, 3.63) is 68.6 Å². The van der Waals surface area contributed by atoms with Crippen LogP contribution in [0.3, 0.4) is 0 Å². The average Bonchev–Trinajstić information content (AvgIpc) is 3.33. The maximum atomic E-state index is 11.8. The Hall–Kier alpha value is -3.46. The number of rotatable bonds is 7. The van der Waals surface area contributed by atoms with Crippen LogP contribution in [-0.4, -0.2) is 24.2 Å². The minimum Gasteiger partial charge on any atom is -0.497 e. The molecule has 2 heterocycles. The van der Waals surface area contributed by atoms with Crippen LogP contribution in [0.5, 0.6) is 5.75 Å². The number of benzene rings is 1. The quantitative estimate of drug-likeness (QED) is 0.380. The van der Waals surface area contributed by atoms with Crippen LogP contribution in [0, 0.1) is 10.1 Å². The number of thiophene rings is 1. The summed E-state index contributed by atoms with van der Waals surface area (Å²) in [4.78, 5) is 23.5. The van der Waals surface area contributed by atoms with Gasteiger partial charge in [-0.1, -0.05) is 6.07 Å². The van der Waals surface area contributed by atoms with Crippen molar-refractivity contribution in [3.63, 3.8) is 0 Å². The molecule has 0 saturated carbocycles. The molecule has 1 aromatic carbocycles. The zero-order valence-corrected chi connectivity index (χ0v) is 15.1. The predicted octanol–water partition coefficient (Wildman–Crippen LogP) is 3.62. The number of amides is 1. The second-order valence-corrected chi connectivity index (χ2v) is 6.42. The number of ether oxygens (including phenoxy) is 1. The average molecular weight is 385 g/mol. The maximum Gasteiger partial charge on any atom is 0.284 e. The van der Waals surface area contributed by atoms with Crippen LogP contribution in [0.2, 0.25) is 0 Å². The molecule has 27 heavy (non-hydrogen) atoms. The van der Waals surface area contributed by atoms with E-state index in [1.54, 1.807) is 24.3 Å². The summed E-state index contributed by atoms with van der Waals surface area (Å²) in [5.41, 5.74) is 2.61. The van der Waals surface area contributed by atoms with Crippen molar-refractivity contribution in [2.75, 3.05) is 7.11 Å². The molecule has 3 rings (SSSR count). The summed E-state index contributed by atoms with van der Waals surface area (Å²) in [5, 5.41) is 17.0. The van der Waals surface area contributed by atoms with Gasteiger partial charge in [0.25, 0.3) is 5.69 Å². The predicted molar refractivity (Wildman–Crippen MR) is 101 cm³/mol. The minimum absolute atomic E-state index is 0.128. The van der Waals surface area contributed by atoms with Crippen molar-refractivity contribution in [1.29, 1.82) is 0 Å². The fourth-order valence-electron chi connectivity index (χ4n) is 2.34. The third-order valence-corrected chi connectivity index (χ3v) is 4.47. The Morgan fingerprint density at radius 2 is 2.22 bits per heavy atom. The standard InChI is InChI=1S/C18H15N3O5S/c1-25-12-4-6-15(16(9-12)21(23)24)17-7-5-13(26-17)11-19-20-18(22)10-14-3-2-8-27-14/h2-9,11H,10H2,1H3,(H,20,22)/b19-11-. The highest BCUT2D eigenvalue weighted by molar-refractivity contribution is 7.10. The summed E-state index contributed by atoms with van der Waals surface area (Å²) >= 11 is 1.49. The van der Waals surface area contributed by atoms with Gasteiger partial charge in [-0.25, -0.2) is 5.43 Å². The summed E-state index contributed by atoms with van der Waals surface area (Å²) in [6, 6.07) is 11.5. The van der Waals surface area contributed by atoms with Crippen molar-refractivity contribution in [2.45, 2.75) is 6.42 Å². The number of methoxy groups -OCH3 is 1. The Morgan fingerprint density at radius 3 is 2.93 bits per heavy atom. The van der Waals surface area contributed by atoms with Gasteiger partial charge in [-0.15, -0.1) is 11.3 Å². The van der Waals surface area contributed by atoms with Gasteiger partial charge in [0.15, 0.2) is 0 Å². The molecule has 3 aromatic rings. The zero-order chi connectivity index (χ0) is 19.2. The Bertz CT molecular complexity index is 979. The number of hydrogen-bond donors (Lipinski definition) is 1. The molecule has 1 amide bonds. The summed E-state index contributed by atoms with van der Waals surface area (Å²) < 4.78 is 10.6. The summed E-state index contributed by atoms with van der Waals surface area (Å²) in [7, 11) is 1.44. The molecule has 0 fully saturated rings. The van der Waals surface area contributed by atoms with Gasteiger partial charge in [-0.05, 0) is 35.7 Å². The van der Waals surface area contributed by atoms with Gasteiger partial charge in [-0.3, -0.25) is 14.9 Å². The molecule has 0 spiro atoms. The summed E-state index contributed by atoms with van der Waals surface area (Å²) in [6.45, 7) is 0. The molecule has 138 valence electrons. The molecular weight excluding hydrogens is 370 g/mol. The van der Waals surface area contributed by atoms with Gasteiger partial charge in [0, 0.05) is 4.88 Å². The van der Waals surface area contributed by atoms with Gasteiger partial charge in [0.1, 0.15) is 17.3 Å². The molecule has 0 bridgehead atoms. The molecular formula is C18H15N3O5S. The number of hydrazone groups is 1. The van der Waals surface area contributed by atoms with Gasteiger partial charge in [-0.2, -0.15) is 5.10 Å². The molecule has 9 heteroatoms. The van der Waals surface area contributed by atoms with Crippen molar-refractivity contribution >= 4 is 29.1 Å². The largest absolute Gasteiger partial charge is 0.497 e. The lowest BCUT2D eigenvalue weighted by Gasteiger charge is -2.03. The molecule has 0 aliphatic rings. The van der Waals surface area contributed by atoms with E-state index in [1.165, 1.54) is 30.7 Å². The number of carbonyl (C=O) groups excluding carboxylic acids is 1. The van der Waals surface area contributed by atoms with Gasteiger partial charge in [0.2, 0.25) is 5.91 Å². The van der Waals surface area contributed by atoms with E-state index < -0.39 is 4.92 Å². The lowest BCUT2D eigenvalue weighted by Crippen LogP contribution is -2.19. The van der Waals surface area contributed by atoms with Crippen LogP contribution in [0.15, 0.2) is 57.4 Å². The first-order valence-corrected chi connectivity index (χ1v) is 8.71. The first-order chi connectivity index (χ1) is 13.1. The Morgan fingerprint density at radius 1 is 1.37 bits per heavy atom. The number of nitro benzene ring substituents is 1. The van der Waals surface area contributed by atoms with Crippen LogP contribution in [0.25, 0.3) is 11.3 Å². The van der Waals surface area contributed by atoms with Crippen molar-refractivity contribution in [1.82, 2.24) is 5.43 Å². The topological polar surface area (TPSA) is 107 Å². The van der Waals surface area contributed by atoms with Gasteiger partial charge >= 0.3 is 0 Å². The van der Waals surface area contributed by atoms with E-state index in [0.29, 0.717) is 22.8 Å². The lowest BCUT2D eigenvalue weighted by molar-refractivity contribution is -0.384. The number of hydrogen-bond acceptors (Lipinski definition) is 7. The van der Waals surface area contributed by atoms with Crippen LogP contribution in [-0.2, 0) is 11.2 Å². The first-order valence-electron chi connectivity index (χ1n) is 7.83. The van der Waals surface area contributed by atoms with E-state index in [2.05, 4.69) is 10.5 Å². The second kappa shape index (κ2) is 8.28. The van der Waals surface area contributed by atoms with Crippen LogP contribution < -0.4 is 10.2 Å². The number of nitrogens with one attached hydrogen (secondary N) is 1. The van der Waals surface area contributed by atoms with Crippen LogP contribution in [0.1, 0.15) is 10.6 Å². The monoisotopic (exact) mass is 385 g/mol. The van der Waals surface area contributed by atoms with Crippen molar-refractivity contribution in [3.8, 4) is 17.1 Å². The molecule has 0 aliphatic heterocycles. The molecule has 0 atom stereocenters. The molecule has 1 N–H and O–H groups in total. The molecule has 8 nitrogen and oxygen atoms in total. The third-order valence-electron chi connectivity index (χ3n) is 3.59. The highest BCUT2D eigenvalue weighted by Crippen LogP contribution is 2.33. The highest BCUT2D eigenvalue weighted by atomic mass is 32.1. The number of carbonyl (C=O) groups is 1. The highest BCUT2D eigenvalue weighted by Gasteiger charge is 2.19. The van der Waals surface area contributed by atoms with Crippen molar-refractivity contribution < 1.29 is 18.9 Å². The lowest BCUT2D eigenvalue weighted by atomic mass is 10.1. The summed E-state index contributed by atoms with van der Waals surface area (Å²) in [5.74, 6) is 0.806. The number of nitrogens with zero attached hydrogens (tertiary/aromatic N) is 2. The van der Waals surface area contributed by atoms with Crippen LogP contribution >= 0.6 is 11.3 Å². The zero-order valence-electron chi connectivity index (χ0n) is 14.2. The smallest absolute Gasteiger partial charge is 0.284 e. The Labute approximate surface area is 158 Å². The SMILES string of the molecule is COc1ccc(-c2ccc(/C=N\NC(=O)Cc3cccs3)o2)c([N+](=O)[O-])c1. The van der Waals surface area contributed by atoms with E-state index >= 15 is 0 Å². The van der Waals surface area contributed by atoms with E-state index in [0.717, 1.165) is 4.88 Å². The molecule has 2 aromatic heterocycles. The number of nitro groups is 1. The normalized spacial score (nSPS) is 10.9. The molecule has 0 unspecified atom stereocenters. The van der Waals surface area contributed by atoms with Crippen LogP contribution in [0.4, 0.5) is 5.69 Å². The van der Waals surface area contributed by atoms with Gasteiger partial charge < -0.3 is 9.15 Å². The first kappa shape index (κ1) is 18.3. The van der Waals surface area contributed by atoms with E-state index in [9.17, 15) is 14.9 Å². The maximum absolute atomic E-state index is 11.8. The van der Waals surface area contributed by atoms with Crippen molar-refractivity contribution in [2.24, 2.45) is 5.10 Å². The molecule has 0 aliphatic carbocycles. The van der Waals surface area contributed by atoms with E-state index in [-0.39, 0.29) is 18.0 Å². The Kier molecular flexibility index (Phi) is 5.62. The molecule has 0 saturated heterocycles. The second-order valence-electron chi connectivity index (χ2n) is 5.39. The minimum atomic E-state index is -0.501. The number of furan rings is 1. The third kappa shape index (κ3) is 4.59. The fourth-order valence-corrected chi connectivity index (χ4v) is 3.05. The van der Waals surface area contributed by atoms with Gasteiger partial charge in [0.05, 0.1) is 36.3 Å². The van der Waals surface area contributed by atoms with E-state index in [4.69, 9.17) is 9.15 Å². The fraction of sp³-hybridized carbons (Fsp3) is 0.111. The Balaban J connectivity index is 1.69. The molecule has 0 radical (unpaired) electrons. The van der Waals surface area contributed by atoms with E-state index in [1.807, 2.05) is 17.5 Å². The summed E-state index contributed by atoms with van der Waals surface area (Å²) in [6.07, 6.45) is 1.58.